The van der Waals surface area contributed by atoms with Crippen LogP contribution >= 0.6 is 11.6 Å². The highest BCUT2D eigenvalue weighted by Gasteiger charge is 2.14. The Morgan fingerprint density at radius 2 is 1.96 bits per heavy atom. The number of amides is 1. The van der Waals surface area contributed by atoms with E-state index in [1.54, 1.807) is 24.1 Å². The van der Waals surface area contributed by atoms with E-state index in [0.717, 1.165) is 11.6 Å². The van der Waals surface area contributed by atoms with Crippen molar-refractivity contribution in [2.45, 2.75) is 13.2 Å². The summed E-state index contributed by atoms with van der Waals surface area (Å²) < 4.78 is 47.8. The molecule has 9 heteroatoms. The summed E-state index contributed by atoms with van der Waals surface area (Å²) in [5.74, 6) is -0.933. The molecular weight excluding hydrogens is 385 g/mol. The van der Waals surface area contributed by atoms with Gasteiger partial charge in [-0.25, -0.2) is 4.39 Å². The van der Waals surface area contributed by atoms with Crippen molar-refractivity contribution in [1.82, 2.24) is 4.90 Å². The molecule has 5 nitrogen and oxygen atoms in total. The topological polar surface area (TPSA) is 50.8 Å². The van der Waals surface area contributed by atoms with Crippen LogP contribution in [0.1, 0.15) is 5.56 Å². The Kier molecular flexibility index (Phi) is 7.32. The third-order valence-electron chi connectivity index (χ3n) is 3.51. The summed E-state index contributed by atoms with van der Waals surface area (Å²) in [5, 5.41) is 2.76. The van der Waals surface area contributed by atoms with Crippen LogP contribution in [-0.2, 0) is 11.3 Å². The lowest BCUT2D eigenvalue weighted by atomic mass is 10.2. The van der Waals surface area contributed by atoms with Crippen molar-refractivity contribution in [3.05, 3.63) is 52.8 Å². The van der Waals surface area contributed by atoms with Crippen LogP contribution in [0.5, 0.6) is 11.5 Å². The molecule has 1 N–H and O–H groups in total. The number of likely N-dealkylation sites (N-methyl/N-ethyl adjacent to an activating group) is 1. The van der Waals surface area contributed by atoms with Gasteiger partial charge >= 0.3 is 6.61 Å². The van der Waals surface area contributed by atoms with Gasteiger partial charge in [0.25, 0.3) is 0 Å². The number of carbonyl (C=O) groups excluding carboxylic acids is 1. The van der Waals surface area contributed by atoms with Crippen molar-refractivity contribution < 1.29 is 27.4 Å². The van der Waals surface area contributed by atoms with Crippen molar-refractivity contribution in [3.63, 3.8) is 0 Å². The Morgan fingerprint density at radius 3 is 2.63 bits per heavy atom. The van der Waals surface area contributed by atoms with Gasteiger partial charge in [-0.1, -0.05) is 17.7 Å². The van der Waals surface area contributed by atoms with E-state index >= 15 is 0 Å². The number of carbonyl (C=O) groups is 1. The maximum absolute atomic E-state index is 13.7. The number of methoxy groups -OCH3 is 1. The van der Waals surface area contributed by atoms with Crippen LogP contribution in [0.25, 0.3) is 0 Å². The predicted octanol–water partition coefficient (Wildman–Crippen LogP) is 4.16. The van der Waals surface area contributed by atoms with Gasteiger partial charge in [-0.3, -0.25) is 9.69 Å². The molecule has 0 spiro atoms. The first-order chi connectivity index (χ1) is 12.8. The van der Waals surface area contributed by atoms with E-state index in [9.17, 15) is 18.0 Å². The zero-order valence-electron chi connectivity index (χ0n) is 14.6. The van der Waals surface area contributed by atoms with Gasteiger partial charge in [0.2, 0.25) is 5.91 Å². The minimum Gasteiger partial charge on any atom is -0.493 e. The molecule has 0 bridgehead atoms. The van der Waals surface area contributed by atoms with Crippen LogP contribution in [0.2, 0.25) is 5.02 Å². The van der Waals surface area contributed by atoms with Crippen molar-refractivity contribution in [1.29, 1.82) is 0 Å². The van der Waals surface area contributed by atoms with Crippen LogP contribution < -0.4 is 14.8 Å². The van der Waals surface area contributed by atoms with Crippen LogP contribution in [-0.4, -0.2) is 38.1 Å². The van der Waals surface area contributed by atoms with Crippen LogP contribution in [0.3, 0.4) is 0 Å². The lowest BCUT2D eigenvalue weighted by Crippen LogP contribution is -2.30. The van der Waals surface area contributed by atoms with Crippen molar-refractivity contribution in [2.24, 2.45) is 0 Å². The number of anilines is 1. The zero-order chi connectivity index (χ0) is 20.0. The molecule has 0 unspecified atom stereocenters. The van der Waals surface area contributed by atoms with Gasteiger partial charge in [0, 0.05) is 11.6 Å². The minimum absolute atomic E-state index is 0.00364. The Hall–Kier alpha value is -2.45. The second kappa shape index (κ2) is 9.48. The first-order valence-corrected chi connectivity index (χ1v) is 8.21. The zero-order valence-corrected chi connectivity index (χ0v) is 15.4. The van der Waals surface area contributed by atoms with Gasteiger partial charge in [-0.2, -0.15) is 8.78 Å². The van der Waals surface area contributed by atoms with Crippen molar-refractivity contribution in [3.8, 4) is 11.5 Å². The number of ether oxygens (including phenoxy) is 2. The molecule has 0 heterocycles. The quantitative estimate of drug-likeness (QED) is 0.720. The lowest BCUT2D eigenvalue weighted by molar-refractivity contribution is -0.117. The maximum atomic E-state index is 13.7. The molecule has 0 aromatic heterocycles. The Morgan fingerprint density at radius 1 is 1.22 bits per heavy atom. The average molecular weight is 403 g/mol. The fraction of sp³-hybridized carbons (Fsp3) is 0.278. The second-order valence-electron chi connectivity index (χ2n) is 5.71. The maximum Gasteiger partial charge on any atom is 0.387 e. The van der Waals surface area contributed by atoms with E-state index in [2.05, 4.69) is 10.1 Å². The molecule has 2 aromatic carbocycles. The normalized spacial score (nSPS) is 11.0. The molecule has 27 heavy (non-hydrogen) atoms. The summed E-state index contributed by atoms with van der Waals surface area (Å²) in [7, 11) is 3.03. The number of hydrogen-bond acceptors (Lipinski definition) is 4. The average Bonchev–Trinajstić information content (AvgIpc) is 2.58. The highest BCUT2D eigenvalue weighted by molar-refractivity contribution is 6.30. The molecule has 0 fully saturated rings. The molecule has 2 aromatic rings. The summed E-state index contributed by atoms with van der Waals surface area (Å²) in [6, 6.07) is 8.37. The SMILES string of the molecule is COc1cc(CN(C)CC(=O)Nc2cc(Cl)ccc2F)ccc1OC(F)F. The van der Waals surface area contributed by atoms with Crippen LogP contribution in [0.15, 0.2) is 36.4 Å². The summed E-state index contributed by atoms with van der Waals surface area (Å²) in [5.41, 5.74) is 0.716. The molecular formula is C18H18ClF3N2O3. The largest absolute Gasteiger partial charge is 0.493 e. The molecule has 0 radical (unpaired) electrons. The first kappa shape index (κ1) is 20.9. The van der Waals surface area contributed by atoms with Gasteiger partial charge in [-0.05, 0) is 42.9 Å². The number of alkyl halides is 2. The Balaban J connectivity index is 1.97. The third-order valence-corrected chi connectivity index (χ3v) is 3.75. The molecule has 2 rings (SSSR count). The number of rotatable bonds is 8. The molecule has 1 amide bonds. The van der Waals surface area contributed by atoms with Gasteiger partial charge in [0.1, 0.15) is 5.82 Å². The molecule has 0 saturated heterocycles. The molecule has 0 saturated carbocycles. The van der Waals surface area contributed by atoms with Crippen molar-refractivity contribution in [2.75, 3.05) is 26.0 Å². The highest BCUT2D eigenvalue weighted by atomic mass is 35.5. The molecule has 0 aliphatic rings. The number of nitrogens with zero attached hydrogens (tertiary/aromatic N) is 1. The molecule has 146 valence electrons. The van der Waals surface area contributed by atoms with E-state index in [1.807, 2.05) is 0 Å². The fourth-order valence-electron chi connectivity index (χ4n) is 2.40. The Bertz CT molecular complexity index is 805. The van der Waals surface area contributed by atoms with Gasteiger partial charge < -0.3 is 14.8 Å². The molecule has 0 atom stereocenters. The predicted molar refractivity (Wildman–Crippen MR) is 96.0 cm³/mol. The lowest BCUT2D eigenvalue weighted by Gasteiger charge is -2.18. The highest BCUT2D eigenvalue weighted by Crippen LogP contribution is 2.29. The summed E-state index contributed by atoms with van der Waals surface area (Å²) >= 11 is 5.79. The molecule has 0 aliphatic heterocycles. The van der Waals surface area contributed by atoms with Gasteiger partial charge in [-0.15, -0.1) is 0 Å². The summed E-state index contributed by atoms with van der Waals surface area (Å²) in [4.78, 5) is 13.8. The van der Waals surface area contributed by atoms with Crippen LogP contribution in [0, 0.1) is 5.82 Å². The monoisotopic (exact) mass is 402 g/mol. The smallest absolute Gasteiger partial charge is 0.387 e. The number of halogens is 4. The number of nitrogens with one attached hydrogen (secondary N) is 1. The second-order valence-corrected chi connectivity index (χ2v) is 6.14. The summed E-state index contributed by atoms with van der Waals surface area (Å²) in [6.45, 7) is -2.65. The number of hydrogen-bond donors (Lipinski definition) is 1. The van der Waals surface area contributed by atoms with Gasteiger partial charge in [0.15, 0.2) is 11.5 Å². The minimum atomic E-state index is -2.96. The van der Waals surface area contributed by atoms with E-state index < -0.39 is 18.3 Å². The van der Waals surface area contributed by atoms with Crippen molar-refractivity contribution >= 4 is 23.2 Å². The van der Waals surface area contributed by atoms with E-state index in [0.29, 0.717) is 11.6 Å². The van der Waals surface area contributed by atoms with Crippen LogP contribution in [0.4, 0.5) is 18.9 Å². The summed E-state index contributed by atoms with van der Waals surface area (Å²) in [6.07, 6.45) is 0. The van der Waals surface area contributed by atoms with Gasteiger partial charge in [0.05, 0.1) is 19.3 Å². The fourth-order valence-corrected chi connectivity index (χ4v) is 2.57. The van der Waals surface area contributed by atoms with E-state index in [-0.39, 0.29) is 23.7 Å². The first-order valence-electron chi connectivity index (χ1n) is 7.83. The third kappa shape index (κ3) is 6.33. The van der Waals surface area contributed by atoms with E-state index in [4.69, 9.17) is 16.3 Å². The Labute approximate surface area is 159 Å². The standard InChI is InChI=1S/C18H18ClF3N2O3/c1-24(10-17(25)23-14-8-12(19)4-5-13(14)20)9-11-3-6-15(27-18(21)22)16(7-11)26-2/h3-8,18H,9-10H2,1-2H3,(H,23,25). The van der Waals surface area contributed by atoms with E-state index in [1.165, 1.54) is 25.3 Å². The molecule has 0 aliphatic carbocycles. The number of benzene rings is 2.